The average Bonchev–Trinajstić information content (AvgIpc) is 2.24. The van der Waals surface area contributed by atoms with Gasteiger partial charge in [0.1, 0.15) is 5.15 Å². The summed E-state index contributed by atoms with van der Waals surface area (Å²) in [7, 11) is 0. The molecule has 0 spiro atoms. The lowest BCUT2D eigenvalue weighted by Crippen LogP contribution is -2.12. The van der Waals surface area contributed by atoms with E-state index < -0.39 is 0 Å². The Kier molecular flexibility index (Phi) is 5.79. The molecule has 1 atom stereocenters. The molecule has 16 heavy (non-hydrogen) atoms. The molecular weight excluding hydrogens is 268 g/mol. The third kappa shape index (κ3) is 3.47. The van der Waals surface area contributed by atoms with Gasteiger partial charge in [-0.1, -0.05) is 41.2 Å². The Bertz CT molecular complexity index is 357. The van der Waals surface area contributed by atoms with Gasteiger partial charge in [-0.05, 0) is 19.4 Å². The number of hydrogen-bond donors (Lipinski definition) is 2. The second-order valence-electron chi connectivity index (χ2n) is 3.52. The zero-order chi connectivity index (χ0) is 12.1. The van der Waals surface area contributed by atoms with Crippen LogP contribution in [0.15, 0.2) is 6.20 Å². The van der Waals surface area contributed by atoms with Crippen molar-refractivity contribution >= 4 is 34.8 Å². The number of pyridine rings is 1. The van der Waals surface area contributed by atoms with Crippen LogP contribution in [0.1, 0.15) is 30.9 Å². The molecule has 0 saturated carbocycles. The van der Waals surface area contributed by atoms with E-state index in [0.29, 0.717) is 22.2 Å². The first kappa shape index (κ1) is 14.0. The molecule has 0 radical (unpaired) electrons. The first-order valence-corrected chi connectivity index (χ1v) is 6.16. The molecule has 0 fully saturated rings. The molecule has 1 heterocycles. The molecule has 0 aliphatic carbocycles. The fraction of sp³-hybridized carbons (Fsp3) is 0.500. The van der Waals surface area contributed by atoms with Crippen molar-refractivity contribution in [2.45, 2.75) is 25.3 Å². The highest BCUT2D eigenvalue weighted by atomic mass is 35.5. The SMILES string of the molecule is NCCCC[C@H](N)c1c(Cl)cnc(Cl)c1Cl. The fourth-order valence-corrected chi connectivity index (χ4v) is 2.22. The minimum Gasteiger partial charge on any atom is -0.330 e. The van der Waals surface area contributed by atoms with E-state index in [1.165, 1.54) is 6.20 Å². The summed E-state index contributed by atoms with van der Waals surface area (Å²) in [6.07, 6.45) is 4.11. The van der Waals surface area contributed by atoms with Crippen molar-refractivity contribution in [1.82, 2.24) is 4.98 Å². The highest BCUT2D eigenvalue weighted by Crippen LogP contribution is 2.34. The van der Waals surface area contributed by atoms with E-state index >= 15 is 0 Å². The summed E-state index contributed by atoms with van der Waals surface area (Å²) in [6.45, 7) is 0.658. The molecule has 0 saturated heterocycles. The third-order valence-corrected chi connectivity index (χ3v) is 3.37. The molecule has 0 aliphatic heterocycles. The first-order chi connectivity index (χ1) is 7.57. The second kappa shape index (κ2) is 6.62. The van der Waals surface area contributed by atoms with Gasteiger partial charge in [-0.2, -0.15) is 0 Å². The lowest BCUT2D eigenvalue weighted by atomic mass is 10.0. The molecule has 90 valence electrons. The van der Waals surface area contributed by atoms with E-state index in [1.54, 1.807) is 0 Å². The van der Waals surface area contributed by atoms with Crippen molar-refractivity contribution in [2.24, 2.45) is 11.5 Å². The molecule has 1 aromatic heterocycles. The van der Waals surface area contributed by atoms with Crippen LogP contribution in [0.3, 0.4) is 0 Å². The minimum absolute atomic E-state index is 0.230. The van der Waals surface area contributed by atoms with E-state index in [2.05, 4.69) is 4.98 Å². The lowest BCUT2D eigenvalue weighted by molar-refractivity contribution is 0.591. The monoisotopic (exact) mass is 281 g/mol. The Hall–Kier alpha value is -0.0600. The summed E-state index contributed by atoms with van der Waals surface area (Å²) in [5, 5.41) is 1.03. The largest absolute Gasteiger partial charge is 0.330 e. The van der Waals surface area contributed by atoms with Crippen LogP contribution in [0.5, 0.6) is 0 Å². The second-order valence-corrected chi connectivity index (χ2v) is 4.66. The maximum atomic E-state index is 6.02. The molecule has 0 amide bonds. The van der Waals surface area contributed by atoms with Gasteiger partial charge in [0, 0.05) is 17.8 Å². The number of nitrogens with two attached hydrogens (primary N) is 2. The normalized spacial score (nSPS) is 12.8. The van der Waals surface area contributed by atoms with Crippen LogP contribution in [-0.2, 0) is 0 Å². The molecule has 6 heteroatoms. The maximum absolute atomic E-state index is 6.02. The maximum Gasteiger partial charge on any atom is 0.148 e. The van der Waals surface area contributed by atoms with E-state index in [1.807, 2.05) is 0 Å². The number of hydrogen-bond acceptors (Lipinski definition) is 3. The van der Waals surface area contributed by atoms with Crippen LogP contribution in [0.25, 0.3) is 0 Å². The van der Waals surface area contributed by atoms with E-state index in [-0.39, 0.29) is 11.2 Å². The van der Waals surface area contributed by atoms with Crippen molar-refractivity contribution < 1.29 is 0 Å². The van der Waals surface area contributed by atoms with Crippen molar-refractivity contribution in [2.75, 3.05) is 6.54 Å². The molecule has 1 rings (SSSR count). The Morgan fingerprint density at radius 1 is 1.25 bits per heavy atom. The lowest BCUT2D eigenvalue weighted by Gasteiger charge is -2.15. The molecule has 0 bridgehead atoms. The van der Waals surface area contributed by atoms with Crippen LogP contribution >= 0.6 is 34.8 Å². The molecule has 0 aromatic carbocycles. The summed E-state index contributed by atoms with van der Waals surface area (Å²) < 4.78 is 0. The molecule has 1 aromatic rings. The van der Waals surface area contributed by atoms with Gasteiger partial charge in [0.15, 0.2) is 0 Å². The van der Waals surface area contributed by atoms with E-state index in [0.717, 1.165) is 19.3 Å². The smallest absolute Gasteiger partial charge is 0.148 e. The molecule has 4 N–H and O–H groups in total. The van der Waals surface area contributed by atoms with Crippen LogP contribution in [-0.4, -0.2) is 11.5 Å². The summed E-state index contributed by atoms with van der Waals surface area (Å²) in [5.74, 6) is 0. The van der Waals surface area contributed by atoms with Crippen molar-refractivity contribution in [3.05, 3.63) is 27.0 Å². The Labute approximate surface area is 110 Å². The third-order valence-electron chi connectivity index (χ3n) is 2.31. The zero-order valence-corrected chi connectivity index (χ0v) is 11.0. The predicted octanol–water partition coefficient (Wildman–Crippen LogP) is 3.17. The van der Waals surface area contributed by atoms with Gasteiger partial charge < -0.3 is 11.5 Å². The standard InChI is InChI=1S/C10H14Cl3N3/c11-6-5-16-10(13)9(12)8(6)7(15)3-1-2-4-14/h5,7H,1-4,14-15H2/t7-/m0/s1. The highest BCUT2D eigenvalue weighted by molar-refractivity contribution is 6.43. The topological polar surface area (TPSA) is 64.9 Å². The van der Waals surface area contributed by atoms with Gasteiger partial charge in [-0.25, -0.2) is 4.98 Å². The van der Waals surface area contributed by atoms with Crippen LogP contribution in [0.2, 0.25) is 15.2 Å². The minimum atomic E-state index is -0.230. The molecule has 0 unspecified atom stereocenters. The van der Waals surface area contributed by atoms with E-state index in [9.17, 15) is 0 Å². The number of unbranched alkanes of at least 4 members (excludes halogenated alkanes) is 1. The van der Waals surface area contributed by atoms with Gasteiger partial charge >= 0.3 is 0 Å². The summed E-state index contributed by atoms with van der Waals surface area (Å²) in [6, 6.07) is -0.230. The van der Waals surface area contributed by atoms with Gasteiger partial charge in [-0.3, -0.25) is 0 Å². The van der Waals surface area contributed by atoms with Gasteiger partial charge in [0.2, 0.25) is 0 Å². The van der Waals surface area contributed by atoms with Crippen molar-refractivity contribution in [3.8, 4) is 0 Å². The Morgan fingerprint density at radius 2 is 1.94 bits per heavy atom. The molecule has 3 nitrogen and oxygen atoms in total. The average molecular weight is 283 g/mol. The number of rotatable bonds is 5. The number of nitrogens with zero attached hydrogens (tertiary/aromatic N) is 1. The number of halogens is 3. The van der Waals surface area contributed by atoms with Gasteiger partial charge in [-0.15, -0.1) is 0 Å². The van der Waals surface area contributed by atoms with Crippen LogP contribution in [0, 0.1) is 0 Å². The quantitative estimate of drug-likeness (QED) is 0.644. The van der Waals surface area contributed by atoms with Crippen LogP contribution < -0.4 is 11.5 Å². The summed E-state index contributed by atoms with van der Waals surface area (Å²) in [5.41, 5.74) is 12.1. The van der Waals surface area contributed by atoms with Gasteiger partial charge in [0.05, 0.1) is 10.0 Å². The molecular formula is C10H14Cl3N3. The summed E-state index contributed by atoms with van der Waals surface area (Å²) >= 11 is 17.8. The first-order valence-electron chi connectivity index (χ1n) is 5.03. The van der Waals surface area contributed by atoms with Crippen molar-refractivity contribution in [1.29, 1.82) is 0 Å². The highest BCUT2D eigenvalue weighted by Gasteiger charge is 2.17. The predicted molar refractivity (Wildman–Crippen MR) is 69.1 cm³/mol. The van der Waals surface area contributed by atoms with Gasteiger partial charge in [0.25, 0.3) is 0 Å². The molecule has 0 aliphatic rings. The zero-order valence-electron chi connectivity index (χ0n) is 8.72. The van der Waals surface area contributed by atoms with Crippen LogP contribution in [0.4, 0.5) is 0 Å². The van der Waals surface area contributed by atoms with Crippen molar-refractivity contribution in [3.63, 3.8) is 0 Å². The fourth-order valence-electron chi connectivity index (χ4n) is 1.45. The van der Waals surface area contributed by atoms with E-state index in [4.69, 9.17) is 46.3 Å². The number of aromatic nitrogens is 1. The Balaban J connectivity index is 2.81. The summed E-state index contributed by atoms with van der Waals surface area (Å²) in [4.78, 5) is 3.84. The Morgan fingerprint density at radius 3 is 2.56 bits per heavy atom.